The van der Waals surface area contributed by atoms with Gasteiger partial charge in [-0.1, -0.05) is 54.6 Å². The van der Waals surface area contributed by atoms with Crippen molar-refractivity contribution in [1.82, 2.24) is 0 Å². The maximum absolute atomic E-state index is 13.1. The zero-order valence-corrected chi connectivity index (χ0v) is 19.2. The Hall–Kier alpha value is -4.65. The zero-order valence-electron chi connectivity index (χ0n) is 19.2. The van der Waals surface area contributed by atoms with Crippen molar-refractivity contribution in [3.63, 3.8) is 0 Å². The average molecular weight is 469 g/mol. The van der Waals surface area contributed by atoms with E-state index in [1.807, 2.05) is 0 Å². The summed E-state index contributed by atoms with van der Waals surface area (Å²) in [6.45, 7) is 1.49. The number of anilines is 1. The second-order valence-electron chi connectivity index (χ2n) is 7.71. The van der Waals surface area contributed by atoms with Crippen molar-refractivity contribution >= 4 is 23.3 Å². The van der Waals surface area contributed by atoms with Crippen LogP contribution in [0.4, 0.5) is 5.69 Å². The largest absolute Gasteiger partial charge is 0.497 e. The molecule has 1 unspecified atom stereocenters. The Bertz CT molecular complexity index is 1320. The SMILES string of the molecule is COc1ccc(NC(=O)C(OC(=O)c2ccc(-c3ccc(C(C)=O)cc3)o2)c2ccccc2)cc1. The van der Waals surface area contributed by atoms with Gasteiger partial charge in [0.1, 0.15) is 11.5 Å². The molecule has 3 aromatic carbocycles. The highest BCUT2D eigenvalue weighted by Crippen LogP contribution is 2.26. The van der Waals surface area contributed by atoms with Gasteiger partial charge in [0.05, 0.1) is 7.11 Å². The van der Waals surface area contributed by atoms with Gasteiger partial charge in [-0.15, -0.1) is 0 Å². The van der Waals surface area contributed by atoms with Crippen molar-refractivity contribution in [3.05, 3.63) is 108 Å². The van der Waals surface area contributed by atoms with E-state index in [1.54, 1.807) is 92.0 Å². The van der Waals surface area contributed by atoms with Gasteiger partial charge in [-0.05, 0) is 43.3 Å². The van der Waals surface area contributed by atoms with E-state index in [9.17, 15) is 14.4 Å². The number of methoxy groups -OCH3 is 1. The summed E-state index contributed by atoms with van der Waals surface area (Å²) in [5.74, 6) is -0.296. The molecule has 4 rings (SSSR count). The molecule has 0 bridgehead atoms. The predicted octanol–water partition coefficient (Wildman–Crippen LogP) is 5.69. The molecule has 1 aromatic heterocycles. The first-order chi connectivity index (χ1) is 16.9. The van der Waals surface area contributed by atoms with E-state index < -0.39 is 18.0 Å². The standard InChI is InChI=1S/C28H23NO6/c1-18(30)19-8-10-20(11-9-19)24-16-17-25(34-24)28(32)35-26(21-6-4-3-5-7-21)27(31)29-22-12-14-23(33-2)15-13-22/h3-17,26H,1-2H3,(H,29,31). The third-order valence-electron chi connectivity index (χ3n) is 5.31. The lowest BCUT2D eigenvalue weighted by atomic mass is 10.1. The minimum Gasteiger partial charge on any atom is -0.497 e. The lowest BCUT2D eigenvalue weighted by molar-refractivity contribution is -0.125. The number of hydrogen-bond donors (Lipinski definition) is 1. The molecule has 7 nitrogen and oxygen atoms in total. The van der Waals surface area contributed by atoms with Crippen LogP contribution in [0.1, 0.15) is 39.5 Å². The van der Waals surface area contributed by atoms with Gasteiger partial charge in [-0.2, -0.15) is 0 Å². The Labute approximate surface area is 202 Å². The number of ether oxygens (including phenoxy) is 2. The van der Waals surface area contributed by atoms with Crippen molar-refractivity contribution in [2.75, 3.05) is 12.4 Å². The Kier molecular flexibility index (Phi) is 7.07. The molecule has 0 fully saturated rings. The normalized spacial score (nSPS) is 11.4. The number of rotatable bonds is 8. The topological polar surface area (TPSA) is 94.8 Å². The molecule has 1 N–H and O–H groups in total. The van der Waals surface area contributed by atoms with E-state index >= 15 is 0 Å². The molecular weight excluding hydrogens is 446 g/mol. The van der Waals surface area contributed by atoms with Crippen LogP contribution >= 0.6 is 0 Å². The van der Waals surface area contributed by atoms with Crippen molar-refractivity contribution in [3.8, 4) is 17.1 Å². The lowest BCUT2D eigenvalue weighted by Crippen LogP contribution is -2.25. The fourth-order valence-electron chi connectivity index (χ4n) is 3.42. The fraction of sp³-hybridized carbons (Fsp3) is 0.107. The fourth-order valence-corrected chi connectivity index (χ4v) is 3.42. The summed E-state index contributed by atoms with van der Waals surface area (Å²) in [5, 5.41) is 2.76. The van der Waals surface area contributed by atoms with E-state index in [4.69, 9.17) is 13.9 Å². The van der Waals surface area contributed by atoms with E-state index in [0.717, 1.165) is 0 Å². The highest BCUT2D eigenvalue weighted by atomic mass is 16.6. The van der Waals surface area contributed by atoms with Crippen LogP contribution < -0.4 is 10.1 Å². The number of carbonyl (C=O) groups excluding carboxylic acids is 3. The molecule has 4 aromatic rings. The van der Waals surface area contributed by atoms with Crippen LogP contribution in [0.2, 0.25) is 0 Å². The van der Waals surface area contributed by atoms with Crippen LogP contribution in [-0.2, 0) is 9.53 Å². The highest BCUT2D eigenvalue weighted by Gasteiger charge is 2.27. The Morgan fingerprint density at radius 1 is 0.829 bits per heavy atom. The Balaban J connectivity index is 1.52. The number of carbonyl (C=O) groups is 3. The highest BCUT2D eigenvalue weighted by molar-refractivity contribution is 5.98. The van der Waals surface area contributed by atoms with Crippen LogP contribution in [0.25, 0.3) is 11.3 Å². The van der Waals surface area contributed by atoms with Crippen molar-refractivity contribution in [1.29, 1.82) is 0 Å². The van der Waals surface area contributed by atoms with Gasteiger partial charge in [0.15, 0.2) is 5.78 Å². The van der Waals surface area contributed by atoms with E-state index in [-0.39, 0.29) is 11.5 Å². The van der Waals surface area contributed by atoms with Crippen molar-refractivity contribution < 1.29 is 28.3 Å². The van der Waals surface area contributed by atoms with Crippen molar-refractivity contribution in [2.45, 2.75) is 13.0 Å². The van der Waals surface area contributed by atoms with Crippen LogP contribution in [0.5, 0.6) is 5.75 Å². The molecule has 0 radical (unpaired) electrons. The molecular formula is C28H23NO6. The zero-order chi connectivity index (χ0) is 24.8. The first-order valence-corrected chi connectivity index (χ1v) is 10.9. The van der Waals surface area contributed by atoms with Gasteiger partial charge in [-0.25, -0.2) is 4.79 Å². The summed E-state index contributed by atoms with van der Waals surface area (Å²) in [5.41, 5.74) is 2.32. The molecule has 0 aliphatic heterocycles. The molecule has 176 valence electrons. The molecule has 35 heavy (non-hydrogen) atoms. The summed E-state index contributed by atoms with van der Waals surface area (Å²) >= 11 is 0. The molecule has 7 heteroatoms. The number of hydrogen-bond acceptors (Lipinski definition) is 6. The number of Topliss-reactive ketones (excluding diaryl/α,β-unsaturated/α-hetero) is 1. The summed E-state index contributed by atoms with van der Waals surface area (Å²) < 4.78 is 16.4. The molecule has 1 atom stereocenters. The van der Waals surface area contributed by atoms with Crippen LogP contribution in [0, 0.1) is 0 Å². The van der Waals surface area contributed by atoms with E-state index in [0.29, 0.717) is 33.9 Å². The maximum atomic E-state index is 13.1. The Morgan fingerprint density at radius 2 is 1.51 bits per heavy atom. The van der Waals surface area contributed by atoms with Gasteiger partial charge in [0.2, 0.25) is 11.9 Å². The summed E-state index contributed by atoms with van der Waals surface area (Å²) in [4.78, 5) is 37.5. The lowest BCUT2D eigenvalue weighted by Gasteiger charge is -2.17. The second kappa shape index (κ2) is 10.5. The minimum atomic E-state index is -1.20. The molecule has 0 aliphatic carbocycles. The first kappa shape index (κ1) is 23.5. The number of nitrogens with one attached hydrogen (secondary N) is 1. The van der Waals surface area contributed by atoms with Crippen LogP contribution in [-0.4, -0.2) is 24.8 Å². The third kappa shape index (κ3) is 5.65. The average Bonchev–Trinajstić information content (AvgIpc) is 3.39. The molecule has 0 saturated carbocycles. The number of ketones is 1. The Morgan fingerprint density at radius 3 is 2.14 bits per heavy atom. The van der Waals surface area contributed by atoms with Gasteiger partial charge < -0.3 is 19.2 Å². The number of esters is 1. The molecule has 0 saturated heterocycles. The van der Waals surface area contributed by atoms with Gasteiger partial charge in [0, 0.05) is 22.4 Å². The first-order valence-electron chi connectivity index (χ1n) is 10.9. The third-order valence-corrected chi connectivity index (χ3v) is 5.31. The van der Waals surface area contributed by atoms with E-state index in [1.165, 1.54) is 13.0 Å². The van der Waals surface area contributed by atoms with Crippen LogP contribution in [0.15, 0.2) is 95.4 Å². The number of benzene rings is 3. The smallest absolute Gasteiger partial charge is 0.375 e. The summed E-state index contributed by atoms with van der Waals surface area (Å²) in [6, 6.07) is 25.5. The molecule has 0 spiro atoms. The summed E-state index contributed by atoms with van der Waals surface area (Å²) in [6.07, 6.45) is -1.20. The van der Waals surface area contributed by atoms with Crippen LogP contribution in [0.3, 0.4) is 0 Å². The number of amides is 1. The summed E-state index contributed by atoms with van der Waals surface area (Å²) in [7, 11) is 1.56. The molecule has 0 aliphatic rings. The minimum absolute atomic E-state index is 0.0415. The van der Waals surface area contributed by atoms with Gasteiger partial charge in [0.25, 0.3) is 5.91 Å². The molecule has 1 amide bonds. The van der Waals surface area contributed by atoms with Crippen molar-refractivity contribution in [2.24, 2.45) is 0 Å². The molecule has 1 heterocycles. The quantitative estimate of drug-likeness (QED) is 0.263. The maximum Gasteiger partial charge on any atom is 0.375 e. The number of furan rings is 1. The van der Waals surface area contributed by atoms with Gasteiger partial charge in [-0.3, -0.25) is 9.59 Å². The van der Waals surface area contributed by atoms with Gasteiger partial charge >= 0.3 is 5.97 Å². The predicted molar refractivity (Wildman–Crippen MR) is 130 cm³/mol. The monoisotopic (exact) mass is 469 g/mol. The van der Waals surface area contributed by atoms with E-state index in [2.05, 4.69) is 5.32 Å². The second-order valence-corrected chi connectivity index (χ2v) is 7.71.